The number of amides is 1. The molecule has 6 nitrogen and oxygen atoms in total. The molecule has 1 heterocycles. The Morgan fingerprint density at radius 1 is 1.53 bits per heavy atom. The maximum absolute atomic E-state index is 12.0. The molecule has 106 valence electrons. The highest BCUT2D eigenvalue weighted by atomic mass is 16.6. The molecule has 0 saturated heterocycles. The molecule has 0 spiro atoms. The third-order valence-corrected chi connectivity index (χ3v) is 2.60. The topological polar surface area (TPSA) is 64.4 Å². The van der Waals surface area contributed by atoms with Crippen molar-refractivity contribution in [2.75, 3.05) is 7.05 Å². The Labute approximate surface area is 113 Å². The van der Waals surface area contributed by atoms with Crippen LogP contribution in [0.2, 0.25) is 0 Å². The van der Waals surface area contributed by atoms with Crippen molar-refractivity contribution in [3.63, 3.8) is 0 Å². The minimum atomic E-state index is -0.691. The summed E-state index contributed by atoms with van der Waals surface area (Å²) >= 11 is 0. The van der Waals surface area contributed by atoms with E-state index in [4.69, 9.17) is 4.74 Å². The normalized spacial score (nSPS) is 12.9. The lowest BCUT2D eigenvalue weighted by Crippen LogP contribution is -2.37. The lowest BCUT2D eigenvalue weighted by Gasteiger charge is -2.27. The van der Waals surface area contributed by atoms with Crippen LogP contribution in [0.4, 0.5) is 4.79 Å². The quantitative estimate of drug-likeness (QED) is 0.784. The zero-order valence-corrected chi connectivity index (χ0v) is 12.3. The summed E-state index contributed by atoms with van der Waals surface area (Å²) < 4.78 is 6.87. The molecule has 1 unspecified atom stereocenters. The van der Waals surface area contributed by atoms with Gasteiger partial charge in [-0.15, -0.1) is 0 Å². The van der Waals surface area contributed by atoms with Crippen molar-refractivity contribution in [1.82, 2.24) is 14.7 Å². The van der Waals surface area contributed by atoms with Crippen molar-refractivity contribution < 1.29 is 14.3 Å². The van der Waals surface area contributed by atoms with E-state index in [1.54, 1.807) is 52.7 Å². The zero-order valence-electron chi connectivity index (χ0n) is 12.3. The molecule has 1 atom stereocenters. The summed E-state index contributed by atoms with van der Waals surface area (Å²) in [6, 6.07) is -0.691. The molecule has 1 aromatic rings. The molecule has 0 radical (unpaired) electrons. The van der Waals surface area contributed by atoms with E-state index in [0.29, 0.717) is 11.8 Å². The summed E-state index contributed by atoms with van der Waals surface area (Å²) in [6.45, 7) is 7.15. The maximum atomic E-state index is 12.0. The lowest BCUT2D eigenvalue weighted by molar-refractivity contribution is -0.112. The van der Waals surface area contributed by atoms with Gasteiger partial charge in [-0.05, 0) is 27.7 Å². The highest BCUT2D eigenvalue weighted by molar-refractivity contribution is 5.74. The van der Waals surface area contributed by atoms with Crippen molar-refractivity contribution >= 4 is 12.4 Å². The SMILES string of the molecule is Cc1nn(C)cc1C(C=O)N(C)C(=O)OC(C)(C)C. The van der Waals surface area contributed by atoms with E-state index in [0.717, 1.165) is 5.69 Å². The van der Waals surface area contributed by atoms with E-state index in [1.807, 2.05) is 0 Å². The van der Waals surface area contributed by atoms with Crippen LogP contribution in [0.5, 0.6) is 0 Å². The first kappa shape index (κ1) is 15.2. The standard InChI is InChI=1S/C13H21N3O3/c1-9-10(7-15(5)14-9)11(8-17)16(6)12(18)19-13(2,3)4/h7-8,11H,1-6H3. The summed E-state index contributed by atoms with van der Waals surface area (Å²) in [5.41, 5.74) is 0.823. The van der Waals surface area contributed by atoms with Crippen LogP contribution >= 0.6 is 0 Å². The monoisotopic (exact) mass is 267 g/mol. The fraction of sp³-hybridized carbons (Fsp3) is 0.615. The molecular formula is C13H21N3O3. The second kappa shape index (κ2) is 5.42. The van der Waals surface area contributed by atoms with E-state index < -0.39 is 17.7 Å². The fourth-order valence-electron chi connectivity index (χ4n) is 1.73. The summed E-state index contributed by atoms with van der Waals surface area (Å²) in [5, 5.41) is 4.18. The Morgan fingerprint density at radius 2 is 2.11 bits per heavy atom. The summed E-state index contributed by atoms with van der Waals surface area (Å²) in [5.74, 6) is 0. The van der Waals surface area contributed by atoms with Crippen molar-refractivity contribution in [2.45, 2.75) is 39.3 Å². The Kier molecular flexibility index (Phi) is 4.34. The molecule has 0 fully saturated rings. The number of aryl methyl sites for hydroxylation is 2. The molecule has 0 saturated carbocycles. The van der Waals surface area contributed by atoms with Crippen molar-refractivity contribution in [3.05, 3.63) is 17.5 Å². The van der Waals surface area contributed by atoms with Gasteiger partial charge >= 0.3 is 6.09 Å². The number of hydrogen-bond acceptors (Lipinski definition) is 4. The third-order valence-electron chi connectivity index (χ3n) is 2.60. The molecule has 1 rings (SSSR count). The second-order valence-electron chi connectivity index (χ2n) is 5.52. The Bertz CT molecular complexity index is 474. The summed E-state index contributed by atoms with van der Waals surface area (Å²) in [4.78, 5) is 24.5. The first-order valence-corrected chi connectivity index (χ1v) is 6.07. The van der Waals surface area contributed by atoms with Crippen LogP contribution in [0.15, 0.2) is 6.20 Å². The Hall–Kier alpha value is -1.85. The van der Waals surface area contributed by atoms with Crippen LogP contribution in [-0.2, 0) is 16.6 Å². The number of likely N-dealkylation sites (N-methyl/N-ethyl adjacent to an activating group) is 1. The van der Waals surface area contributed by atoms with E-state index in [9.17, 15) is 9.59 Å². The van der Waals surface area contributed by atoms with Crippen LogP contribution in [0, 0.1) is 6.92 Å². The van der Waals surface area contributed by atoms with Crippen LogP contribution in [0.1, 0.15) is 38.1 Å². The number of ether oxygens (including phenoxy) is 1. The number of carbonyl (C=O) groups is 2. The van der Waals surface area contributed by atoms with Crippen molar-refractivity contribution in [2.24, 2.45) is 7.05 Å². The summed E-state index contributed by atoms with van der Waals surface area (Å²) in [6.07, 6.45) is 1.91. The van der Waals surface area contributed by atoms with Gasteiger partial charge in [0, 0.05) is 25.9 Å². The highest BCUT2D eigenvalue weighted by Crippen LogP contribution is 2.22. The smallest absolute Gasteiger partial charge is 0.410 e. The molecule has 1 aromatic heterocycles. The van der Waals surface area contributed by atoms with Gasteiger partial charge in [-0.3, -0.25) is 9.58 Å². The molecule has 6 heteroatoms. The first-order chi connectivity index (χ1) is 8.65. The van der Waals surface area contributed by atoms with Gasteiger partial charge in [0.2, 0.25) is 0 Å². The van der Waals surface area contributed by atoms with Crippen LogP contribution < -0.4 is 0 Å². The van der Waals surface area contributed by atoms with Gasteiger partial charge in [0.05, 0.1) is 5.69 Å². The molecular weight excluding hydrogens is 246 g/mol. The Morgan fingerprint density at radius 3 is 2.47 bits per heavy atom. The van der Waals surface area contributed by atoms with E-state index >= 15 is 0 Å². The van der Waals surface area contributed by atoms with Gasteiger partial charge in [-0.25, -0.2) is 4.79 Å². The molecule has 19 heavy (non-hydrogen) atoms. The van der Waals surface area contributed by atoms with Crippen LogP contribution in [0.25, 0.3) is 0 Å². The van der Waals surface area contributed by atoms with Crippen LogP contribution in [-0.4, -0.2) is 39.7 Å². The Balaban J connectivity index is 2.94. The molecule has 0 bridgehead atoms. The highest BCUT2D eigenvalue weighted by Gasteiger charge is 2.28. The molecule has 0 aliphatic heterocycles. The maximum Gasteiger partial charge on any atom is 0.410 e. The van der Waals surface area contributed by atoms with Crippen molar-refractivity contribution in [1.29, 1.82) is 0 Å². The predicted molar refractivity (Wildman–Crippen MR) is 70.7 cm³/mol. The van der Waals surface area contributed by atoms with Gasteiger partial charge in [0.1, 0.15) is 17.9 Å². The third kappa shape index (κ3) is 3.81. The number of hydrogen-bond donors (Lipinski definition) is 0. The molecule has 0 aliphatic rings. The van der Waals surface area contributed by atoms with Gasteiger partial charge in [0.25, 0.3) is 0 Å². The van der Waals surface area contributed by atoms with Crippen LogP contribution in [0.3, 0.4) is 0 Å². The minimum absolute atomic E-state index is 0.534. The lowest BCUT2D eigenvalue weighted by atomic mass is 10.1. The van der Waals surface area contributed by atoms with Gasteiger partial charge < -0.3 is 9.53 Å². The number of aldehydes is 1. The predicted octanol–water partition coefficient (Wildman–Crippen LogP) is 1.84. The molecule has 0 aliphatic carbocycles. The van der Waals surface area contributed by atoms with E-state index in [1.165, 1.54) is 4.90 Å². The van der Waals surface area contributed by atoms with Gasteiger partial charge in [0.15, 0.2) is 0 Å². The minimum Gasteiger partial charge on any atom is -0.444 e. The second-order valence-corrected chi connectivity index (χ2v) is 5.52. The molecule has 0 aromatic carbocycles. The zero-order chi connectivity index (χ0) is 14.8. The first-order valence-electron chi connectivity index (χ1n) is 6.07. The molecule has 0 N–H and O–H groups in total. The number of nitrogens with zero attached hydrogens (tertiary/aromatic N) is 3. The van der Waals surface area contributed by atoms with Crippen molar-refractivity contribution in [3.8, 4) is 0 Å². The average Bonchev–Trinajstić information content (AvgIpc) is 2.56. The summed E-state index contributed by atoms with van der Waals surface area (Å²) in [7, 11) is 3.31. The van der Waals surface area contributed by atoms with Gasteiger partial charge in [-0.1, -0.05) is 0 Å². The number of carbonyl (C=O) groups excluding carboxylic acids is 2. The van der Waals surface area contributed by atoms with E-state index in [2.05, 4.69) is 5.10 Å². The van der Waals surface area contributed by atoms with E-state index in [-0.39, 0.29) is 0 Å². The largest absolute Gasteiger partial charge is 0.444 e. The fourth-order valence-corrected chi connectivity index (χ4v) is 1.73. The number of rotatable bonds is 3. The average molecular weight is 267 g/mol. The number of aromatic nitrogens is 2. The van der Waals surface area contributed by atoms with Gasteiger partial charge in [-0.2, -0.15) is 5.10 Å². The molecule has 1 amide bonds.